The Kier molecular flexibility index (Phi) is 2.80. The molecule has 3 aromatic rings. The van der Waals surface area contributed by atoms with Gasteiger partial charge in [-0.05, 0) is 30.3 Å². The highest BCUT2D eigenvalue weighted by molar-refractivity contribution is 6.31. The fraction of sp³-hybridized carbons (Fsp3) is 0.0714. The molecule has 0 spiro atoms. The van der Waals surface area contributed by atoms with Crippen molar-refractivity contribution in [2.75, 3.05) is 0 Å². The molecule has 19 heavy (non-hydrogen) atoms. The van der Waals surface area contributed by atoms with Crippen LogP contribution in [0.15, 0.2) is 42.7 Å². The predicted octanol–water partition coefficient (Wildman–Crippen LogP) is 3.28. The number of aromatic nitrogens is 3. The van der Waals surface area contributed by atoms with Gasteiger partial charge in [-0.25, -0.2) is 4.68 Å². The number of pyridine rings is 1. The summed E-state index contributed by atoms with van der Waals surface area (Å²) in [6.07, 6.45) is 3.38. The maximum absolute atomic E-state index is 11.7. The highest BCUT2D eigenvalue weighted by atomic mass is 35.5. The number of rotatable bonds is 2. The summed E-state index contributed by atoms with van der Waals surface area (Å²) >= 11 is 6.03. The van der Waals surface area contributed by atoms with Crippen molar-refractivity contribution in [2.45, 2.75) is 6.92 Å². The minimum atomic E-state index is -0.0741. The lowest BCUT2D eigenvalue weighted by Gasteiger charge is -2.02. The van der Waals surface area contributed by atoms with E-state index in [1.165, 1.54) is 6.92 Å². The Morgan fingerprint density at radius 1 is 1.32 bits per heavy atom. The molecule has 0 aliphatic carbocycles. The van der Waals surface area contributed by atoms with E-state index in [1.54, 1.807) is 29.2 Å². The minimum absolute atomic E-state index is 0.0741. The second-order valence-electron chi connectivity index (χ2n) is 4.19. The number of fused-ring (bicyclic) bond motifs is 1. The van der Waals surface area contributed by atoms with Crippen molar-refractivity contribution in [1.29, 1.82) is 0 Å². The number of carbonyl (C=O) groups is 1. The largest absolute Gasteiger partial charge is 0.293 e. The molecule has 0 saturated carbocycles. The fourth-order valence-corrected chi connectivity index (χ4v) is 2.19. The second kappa shape index (κ2) is 4.48. The number of hydrogen-bond acceptors (Lipinski definition) is 3. The number of ketones is 1. The first-order chi connectivity index (χ1) is 9.16. The zero-order valence-corrected chi connectivity index (χ0v) is 10.9. The van der Waals surface area contributed by atoms with E-state index in [9.17, 15) is 4.79 Å². The summed E-state index contributed by atoms with van der Waals surface area (Å²) in [7, 11) is 0. The Balaban J connectivity index is 2.36. The van der Waals surface area contributed by atoms with Gasteiger partial charge in [0.1, 0.15) is 5.69 Å². The smallest absolute Gasteiger partial charge is 0.180 e. The third kappa shape index (κ3) is 2.00. The van der Waals surface area contributed by atoms with Gasteiger partial charge in [0.05, 0.1) is 17.4 Å². The molecule has 0 unspecified atom stereocenters. The first-order valence-corrected chi connectivity index (χ1v) is 6.14. The van der Waals surface area contributed by atoms with E-state index in [4.69, 9.17) is 11.6 Å². The summed E-state index contributed by atoms with van der Waals surface area (Å²) in [6, 6.07) is 9.06. The molecule has 0 fully saturated rings. The normalized spacial score (nSPS) is 10.8. The lowest BCUT2D eigenvalue weighted by Crippen LogP contribution is -1.99. The number of Topliss-reactive ketones (excluding diaryl/α,β-unsaturated/α-hetero) is 1. The SMILES string of the molecule is CC(=O)c1nn(-c2cccnc2)c2cc(Cl)ccc12. The molecule has 94 valence electrons. The molecule has 0 bridgehead atoms. The number of halogens is 1. The van der Waals surface area contributed by atoms with Crippen molar-refractivity contribution in [3.05, 3.63) is 53.4 Å². The van der Waals surface area contributed by atoms with Crippen LogP contribution in [0.5, 0.6) is 0 Å². The summed E-state index contributed by atoms with van der Waals surface area (Å²) in [4.78, 5) is 15.7. The lowest BCUT2D eigenvalue weighted by atomic mass is 10.1. The van der Waals surface area contributed by atoms with E-state index < -0.39 is 0 Å². The topological polar surface area (TPSA) is 47.8 Å². The highest BCUT2D eigenvalue weighted by Gasteiger charge is 2.15. The van der Waals surface area contributed by atoms with Crippen LogP contribution in [0.2, 0.25) is 5.02 Å². The molecule has 1 aromatic carbocycles. The van der Waals surface area contributed by atoms with Gasteiger partial charge in [-0.1, -0.05) is 11.6 Å². The van der Waals surface area contributed by atoms with Crippen LogP contribution in [0.25, 0.3) is 16.6 Å². The van der Waals surface area contributed by atoms with Gasteiger partial charge in [-0.2, -0.15) is 5.10 Å². The van der Waals surface area contributed by atoms with Gasteiger partial charge in [0.15, 0.2) is 5.78 Å². The maximum Gasteiger partial charge on any atom is 0.180 e. The van der Waals surface area contributed by atoms with Gasteiger partial charge in [0, 0.05) is 23.5 Å². The molecule has 0 atom stereocenters. The van der Waals surface area contributed by atoms with Crippen LogP contribution in [0, 0.1) is 0 Å². The number of nitrogens with zero attached hydrogens (tertiary/aromatic N) is 3. The Hall–Kier alpha value is -2.20. The lowest BCUT2D eigenvalue weighted by molar-refractivity contribution is 0.101. The van der Waals surface area contributed by atoms with Gasteiger partial charge in [0.25, 0.3) is 0 Å². The molecule has 0 saturated heterocycles. The van der Waals surface area contributed by atoms with Crippen molar-refractivity contribution in [3.8, 4) is 5.69 Å². The molecule has 5 heteroatoms. The molecule has 0 N–H and O–H groups in total. The van der Waals surface area contributed by atoms with Crippen LogP contribution in [-0.4, -0.2) is 20.5 Å². The molecular formula is C14H10ClN3O. The van der Waals surface area contributed by atoms with Crippen molar-refractivity contribution >= 4 is 28.3 Å². The zero-order chi connectivity index (χ0) is 13.4. The Morgan fingerprint density at radius 3 is 2.84 bits per heavy atom. The molecule has 0 aliphatic heterocycles. The molecule has 0 amide bonds. The zero-order valence-electron chi connectivity index (χ0n) is 10.2. The fourth-order valence-electron chi connectivity index (χ4n) is 2.02. The standard InChI is InChI=1S/C14H10ClN3O/c1-9(19)14-12-5-4-10(15)7-13(12)18(17-14)11-3-2-6-16-8-11/h2-8H,1H3. The van der Waals surface area contributed by atoms with Gasteiger partial charge >= 0.3 is 0 Å². The van der Waals surface area contributed by atoms with Gasteiger partial charge in [-0.3, -0.25) is 9.78 Å². The average Bonchev–Trinajstić information content (AvgIpc) is 2.78. The molecule has 2 heterocycles. The minimum Gasteiger partial charge on any atom is -0.293 e. The summed E-state index contributed by atoms with van der Waals surface area (Å²) in [5, 5.41) is 5.77. The van der Waals surface area contributed by atoms with E-state index in [0.29, 0.717) is 10.7 Å². The van der Waals surface area contributed by atoms with Crippen molar-refractivity contribution in [1.82, 2.24) is 14.8 Å². The summed E-state index contributed by atoms with van der Waals surface area (Å²) in [6.45, 7) is 1.50. The molecule has 0 aliphatic rings. The summed E-state index contributed by atoms with van der Waals surface area (Å²) in [5.41, 5.74) is 2.03. The Morgan fingerprint density at radius 2 is 2.16 bits per heavy atom. The Bertz CT molecular complexity index is 765. The van der Waals surface area contributed by atoms with Crippen LogP contribution in [-0.2, 0) is 0 Å². The average molecular weight is 272 g/mol. The monoisotopic (exact) mass is 271 g/mol. The highest BCUT2D eigenvalue weighted by Crippen LogP contribution is 2.25. The van der Waals surface area contributed by atoms with Gasteiger partial charge < -0.3 is 0 Å². The van der Waals surface area contributed by atoms with E-state index in [2.05, 4.69) is 10.1 Å². The van der Waals surface area contributed by atoms with Crippen LogP contribution >= 0.6 is 11.6 Å². The molecule has 3 rings (SSSR count). The summed E-state index contributed by atoms with van der Waals surface area (Å²) in [5.74, 6) is -0.0741. The van der Waals surface area contributed by atoms with Crippen LogP contribution in [0.4, 0.5) is 0 Å². The Labute approximate surface area is 114 Å². The van der Waals surface area contributed by atoms with Crippen molar-refractivity contribution in [3.63, 3.8) is 0 Å². The van der Waals surface area contributed by atoms with Gasteiger partial charge in [0.2, 0.25) is 0 Å². The van der Waals surface area contributed by atoms with Crippen LogP contribution < -0.4 is 0 Å². The van der Waals surface area contributed by atoms with Crippen molar-refractivity contribution in [2.24, 2.45) is 0 Å². The molecule has 2 aromatic heterocycles. The van der Waals surface area contributed by atoms with Crippen molar-refractivity contribution < 1.29 is 4.79 Å². The quantitative estimate of drug-likeness (QED) is 0.672. The van der Waals surface area contributed by atoms with E-state index in [-0.39, 0.29) is 5.78 Å². The third-order valence-electron chi connectivity index (χ3n) is 2.87. The number of hydrogen-bond donors (Lipinski definition) is 0. The number of benzene rings is 1. The number of carbonyl (C=O) groups excluding carboxylic acids is 1. The molecule has 0 radical (unpaired) electrons. The second-order valence-corrected chi connectivity index (χ2v) is 4.63. The van der Waals surface area contributed by atoms with Gasteiger partial charge in [-0.15, -0.1) is 0 Å². The summed E-state index contributed by atoms with van der Waals surface area (Å²) < 4.78 is 1.69. The first-order valence-electron chi connectivity index (χ1n) is 5.76. The first kappa shape index (κ1) is 11.9. The van der Waals surface area contributed by atoms with Crippen LogP contribution in [0.3, 0.4) is 0 Å². The maximum atomic E-state index is 11.7. The third-order valence-corrected chi connectivity index (χ3v) is 3.10. The molecular weight excluding hydrogens is 262 g/mol. The van der Waals surface area contributed by atoms with E-state index >= 15 is 0 Å². The predicted molar refractivity (Wildman–Crippen MR) is 73.9 cm³/mol. The van der Waals surface area contributed by atoms with E-state index in [1.807, 2.05) is 18.2 Å². The van der Waals surface area contributed by atoms with E-state index in [0.717, 1.165) is 16.6 Å². The van der Waals surface area contributed by atoms with Crippen LogP contribution in [0.1, 0.15) is 17.4 Å². The molecule has 4 nitrogen and oxygen atoms in total.